The van der Waals surface area contributed by atoms with Gasteiger partial charge in [-0.15, -0.1) is 0 Å². The van der Waals surface area contributed by atoms with Crippen molar-refractivity contribution in [3.63, 3.8) is 0 Å². The molecule has 0 radical (unpaired) electrons. The third kappa shape index (κ3) is 2.70. The molecule has 18 heavy (non-hydrogen) atoms. The zero-order valence-electron chi connectivity index (χ0n) is 10.6. The molecule has 1 rings (SSSR count). The lowest BCUT2D eigenvalue weighted by Crippen LogP contribution is -2.35. The average Bonchev–Trinajstić information content (AvgIpc) is 2.36. The molecule has 5 nitrogen and oxygen atoms in total. The van der Waals surface area contributed by atoms with Crippen molar-refractivity contribution in [1.82, 2.24) is 4.31 Å². The molecule has 0 saturated carbocycles. The van der Waals surface area contributed by atoms with E-state index in [-0.39, 0.29) is 16.5 Å². The van der Waals surface area contributed by atoms with E-state index in [0.717, 1.165) is 0 Å². The van der Waals surface area contributed by atoms with Crippen LogP contribution in [0.15, 0.2) is 29.2 Å². The monoisotopic (exact) mass is 271 g/mol. The van der Waals surface area contributed by atoms with Crippen molar-refractivity contribution in [3.8, 4) is 0 Å². The molecule has 1 atom stereocenters. The Bertz CT molecular complexity index is 539. The first-order valence-electron chi connectivity index (χ1n) is 5.62. The Morgan fingerprint density at radius 1 is 1.39 bits per heavy atom. The highest BCUT2D eigenvalue weighted by Crippen LogP contribution is 2.21. The zero-order chi connectivity index (χ0) is 13.9. The van der Waals surface area contributed by atoms with Gasteiger partial charge in [0.2, 0.25) is 10.0 Å². The van der Waals surface area contributed by atoms with Crippen LogP contribution in [-0.2, 0) is 10.0 Å². The van der Waals surface area contributed by atoms with Gasteiger partial charge in [0, 0.05) is 13.1 Å². The maximum atomic E-state index is 12.3. The van der Waals surface area contributed by atoms with Gasteiger partial charge in [0.1, 0.15) is 0 Å². The number of hydrogen-bond donors (Lipinski definition) is 1. The van der Waals surface area contributed by atoms with Crippen LogP contribution in [0.5, 0.6) is 0 Å². The minimum Gasteiger partial charge on any atom is -0.478 e. The topological polar surface area (TPSA) is 74.7 Å². The van der Waals surface area contributed by atoms with E-state index in [1.165, 1.54) is 35.6 Å². The van der Waals surface area contributed by atoms with E-state index >= 15 is 0 Å². The molecular weight excluding hydrogens is 254 g/mol. The number of carboxylic acid groups (broad SMARTS) is 1. The zero-order valence-corrected chi connectivity index (χ0v) is 11.4. The Labute approximate surface area is 107 Å². The third-order valence-corrected chi connectivity index (χ3v) is 5.02. The van der Waals surface area contributed by atoms with Crippen LogP contribution >= 0.6 is 0 Å². The van der Waals surface area contributed by atoms with E-state index in [0.29, 0.717) is 6.42 Å². The molecule has 0 spiro atoms. The number of carboxylic acids is 1. The average molecular weight is 271 g/mol. The SMILES string of the molecule is CCC(C)N(C)S(=O)(=O)c1ccccc1C(=O)O. The minimum absolute atomic E-state index is 0.166. The maximum Gasteiger partial charge on any atom is 0.337 e. The summed E-state index contributed by atoms with van der Waals surface area (Å²) in [6, 6.07) is 5.45. The Morgan fingerprint density at radius 2 is 1.94 bits per heavy atom. The summed E-state index contributed by atoms with van der Waals surface area (Å²) >= 11 is 0. The van der Waals surface area contributed by atoms with Crippen LogP contribution in [-0.4, -0.2) is 36.9 Å². The molecule has 0 saturated heterocycles. The minimum atomic E-state index is -3.77. The second-order valence-corrected chi connectivity index (χ2v) is 6.05. The van der Waals surface area contributed by atoms with E-state index in [9.17, 15) is 13.2 Å². The smallest absolute Gasteiger partial charge is 0.337 e. The van der Waals surface area contributed by atoms with Crippen molar-refractivity contribution in [2.24, 2.45) is 0 Å². The summed E-state index contributed by atoms with van der Waals surface area (Å²) in [7, 11) is -2.31. The molecule has 1 aromatic rings. The number of carbonyl (C=O) groups is 1. The van der Waals surface area contributed by atoms with Crippen LogP contribution in [0, 0.1) is 0 Å². The number of benzene rings is 1. The van der Waals surface area contributed by atoms with Crippen molar-refractivity contribution in [1.29, 1.82) is 0 Å². The van der Waals surface area contributed by atoms with Gasteiger partial charge in [0.15, 0.2) is 0 Å². The summed E-state index contributed by atoms with van der Waals surface area (Å²) in [5.41, 5.74) is -0.201. The van der Waals surface area contributed by atoms with E-state index in [4.69, 9.17) is 5.11 Å². The standard InChI is InChI=1S/C12H17NO4S/c1-4-9(2)13(3)18(16,17)11-8-6-5-7-10(11)12(14)15/h5-9H,4H2,1-3H3,(H,14,15). The van der Waals surface area contributed by atoms with Crippen molar-refractivity contribution < 1.29 is 18.3 Å². The summed E-state index contributed by atoms with van der Waals surface area (Å²) in [6.07, 6.45) is 0.658. The fourth-order valence-electron chi connectivity index (χ4n) is 1.52. The predicted octanol–water partition coefficient (Wildman–Crippen LogP) is 1.80. The highest BCUT2D eigenvalue weighted by molar-refractivity contribution is 7.89. The van der Waals surface area contributed by atoms with Crippen molar-refractivity contribution >= 4 is 16.0 Å². The van der Waals surface area contributed by atoms with Gasteiger partial charge in [-0.05, 0) is 25.5 Å². The quantitative estimate of drug-likeness (QED) is 0.886. The predicted molar refractivity (Wildman–Crippen MR) is 68.1 cm³/mol. The molecule has 0 aromatic heterocycles. The lowest BCUT2D eigenvalue weighted by atomic mass is 10.2. The van der Waals surface area contributed by atoms with Crippen LogP contribution in [0.4, 0.5) is 0 Å². The Hall–Kier alpha value is -1.40. The largest absolute Gasteiger partial charge is 0.478 e. The molecule has 0 heterocycles. The first-order chi connectivity index (χ1) is 8.32. The van der Waals surface area contributed by atoms with E-state index in [2.05, 4.69) is 0 Å². The summed E-state index contributed by atoms with van der Waals surface area (Å²) in [4.78, 5) is 10.9. The lowest BCUT2D eigenvalue weighted by Gasteiger charge is -2.23. The fraction of sp³-hybridized carbons (Fsp3) is 0.417. The van der Waals surface area contributed by atoms with Gasteiger partial charge in [0.05, 0.1) is 10.5 Å². The van der Waals surface area contributed by atoms with E-state index in [1.54, 1.807) is 6.92 Å². The molecule has 1 unspecified atom stereocenters. The molecule has 6 heteroatoms. The Balaban J connectivity index is 3.33. The molecule has 1 N–H and O–H groups in total. The van der Waals surface area contributed by atoms with Gasteiger partial charge in [-0.1, -0.05) is 19.1 Å². The number of nitrogens with zero attached hydrogens (tertiary/aromatic N) is 1. The first kappa shape index (κ1) is 14.7. The van der Waals surface area contributed by atoms with Crippen LogP contribution in [0.3, 0.4) is 0 Å². The Kier molecular flexibility index (Phi) is 4.48. The molecule has 0 bridgehead atoms. The maximum absolute atomic E-state index is 12.3. The van der Waals surface area contributed by atoms with Gasteiger partial charge >= 0.3 is 5.97 Å². The second-order valence-electron chi connectivity index (χ2n) is 4.08. The summed E-state index contributed by atoms with van der Waals surface area (Å²) in [5, 5.41) is 9.02. The third-order valence-electron chi connectivity index (χ3n) is 2.99. The number of rotatable bonds is 5. The molecular formula is C12H17NO4S. The number of aromatic carboxylic acids is 1. The van der Waals surface area contributed by atoms with Crippen LogP contribution < -0.4 is 0 Å². The van der Waals surface area contributed by atoms with E-state index < -0.39 is 16.0 Å². The number of sulfonamides is 1. The lowest BCUT2D eigenvalue weighted by molar-refractivity contribution is 0.0692. The number of hydrogen-bond acceptors (Lipinski definition) is 3. The molecule has 0 amide bonds. The van der Waals surface area contributed by atoms with Crippen molar-refractivity contribution in [2.45, 2.75) is 31.2 Å². The highest BCUT2D eigenvalue weighted by atomic mass is 32.2. The first-order valence-corrected chi connectivity index (χ1v) is 7.06. The molecule has 1 aromatic carbocycles. The second kappa shape index (κ2) is 5.49. The Morgan fingerprint density at radius 3 is 2.44 bits per heavy atom. The fourth-order valence-corrected chi connectivity index (χ4v) is 3.13. The van der Waals surface area contributed by atoms with Gasteiger partial charge < -0.3 is 5.11 Å². The van der Waals surface area contributed by atoms with Gasteiger partial charge in [-0.3, -0.25) is 0 Å². The van der Waals surface area contributed by atoms with Gasteiger partial charge in [-0.2, -0.15) is 4.31 Å². The van der Waals surface area contributed by atoms with Crippen LogP contribution in [0.2, 0.25) is 0 Å². The molecule has 0 fully saturated rings. The van der Waals surface area contributed by atoms with E-state index in [1.807, 2.05) is 6.92 Å². The summed E-state index contributed by atoms with van der Waals surface area (Å²) in [6.45, 7) is 3.65. The summed E-state index contributed by atoms with van der Waals surface area (Å²) in [5.74, 6) is -1.24. The molecule has 0 aliphatic heterocycles. The molecule has 0 aliphatic rings. The summed E-state index contributed by atoms with van der Waals surface area (Å²) < 4.78 is 25.8. The highest BCUT2D eigenvalue weighted by Gasteiger charge is 2.28. The molecule has 100 valence electrons. The molecule has 0 aliphatic carbocycles. The van der Waals surface area contributed by atoms with Gasteiger partial charge in [-0.25, -0.2) is 13.2 Å². The van der Waals surface area contributed by atoms with Crippen molar-refractivity contribution in [2.75, 3.05) is 7.05 Å². The van der Waals surface area contributed by atoms with Crippen LogP contribution in [0.1, 0.15) is 30.6 Å². The normalized spacial score (nSPS) is 13.6. The van der Waals surface area contributed by atoms with Crippen molar-refractivity contribution in [3.05, 3.63) is 29.8 Å². The van der Waals surface area contributed by atoms with Crippen LogP contribution in [0.25, 0.3) is 0 Å². The van der Waals surface area contributed by atoms with Gasteiger partial charge in [0.25, 0.3) is 0 Å².